The second kappa shape index (κ2) is 5.91. The second-order valence-electron chi connectivity index (χ2n) is 6.59. The molecule has 130 valence electrons. The number of fused-ring (bicyclic) bond motifs is 2. The van der Waals surface area contributed by atoms with Crippen molar-refractivity contribution in [2.24, 2.45) is 0 Å². The summed E-state index contributed by atoms with van der Waals surface area (Å²) >= 11 is 0. The fourth-order valence-corrected chi connectivity index (χ4v) is 3.71. The molecule has 0 radical (unpaired) electrons. The van der Waals surface area contributed by atoms with Crippen molar-refractivity contribution in [1.29, 1.82) is 0 Å². The van der Waals surface area contributed by atoms with Gasteiger partial charge in [-0.05, 0) is 47.5 Å². The van der Waals surface area contributed by atoms with Crippen molar-refractivity contribution in [1.82, 2.24) is 29.6 Å². The van der Waals surface area contributed by atoms with Gasteiger partial charge in [-0.3, -0.25) is 10.1 Å². The predicted molar refractivity (Wildman–Crippen MR) is 96.0 cm³/mol. The Kier molecular flexibility index (Phi) is 3.41. The number of aromatic nitrogens is 6. The van der Waals surface area contributed by atoms with Crippen molar-refractivity contribution in [3.63, 3.8) is 0 Å². The topological polar surface area (TPSA) is 90.0 Å². The summed E-state index contributed by atoms with van der Waals surface area (Å²) < 4.78 is 3.66. The van der Waals surface area contributed by atoms with Gasteiger partial charge in [-0.2, -0.15) is 4.52 Å². The van der Waals surface area contributed by atoms with Gasteiger partial charge in [0, 0.05) is 12.2 Å². The van der Waals surface area contributed by atoms with Gasteiger partial charge in [0.05, 0.1) is 16.6 Å². The van der Waals surface area contributed by atoms with Crippen molar-refractivity contribution < 1.29 is 4.79 Å². The first kappa shape index (κ1) is 15.0. The molecule has 0 bridgehead atoms. The first-order valence-corrected chi connectivity index (χ1v) is 8.76. The number of pyridine rings is 1. The van der Waals surface area contributed by atoms with Crippen LogP contribution in [0.3, 0.4) is 0 Å². The van der Waals surface area contributed by atoms with Crippen molar-refractivity contribution in [3.8, 4) is 0 Å². The number of tetrazole rings is 1. The van der Waals surface area contributed by atoms with E-state index in [0.29, 0.717) is 23.2 Å². The molecule has 0 aliphatic heterocycles. The monoisotopic (exact) mass is 347 g/mol. The lowest BCUT2D eigenvalue weighted by Crippen LogP contribution is -2.18. The maximum absolute atomic E-state index is 12.8. The summed E-state index contributed by atoms with van der Waals surface area (Å²) in [6.07, 6.45) is 6.26. The zero-order valence-corrected chi connectivity index (χ0v) is 14.0. The third-order valence-electron chi connectivity index (χ3n) is 4.96. The predicted octanol–water partition coefficient (Wildman–Crippen LogP) is 2.84. The van der Waals surface area contributed by atoms with Crippen LogP contribution in [0.1, 0.15) is 42.1 Å². The van der Waals surface area contributed by atoms with Gasteiger partial charge >= 0.3 is 0 Å². The number of benzene rings is 1. The Labute approximate surface area is 148 Å². The highest BCUT2D eigenvalue weighted by Crippen LogP contribution is 2.35. The molecule has 1 aliphatic rings. The zero-order chi connectivity index (χ0) is 17.5. The van der Waals surface area contributed by atoms with E-state index >= 15 is 0 Å². The van der Waals surface area contributed by atoms with Crippen molar-refractivity contribution in [3.05, 3.63) is 48.2 Å². The van der Waals surface area contributed by atoms with Gasteiger partial charge in [-0.15, -0.1) is 5.10 Å². The highest BCUT2D eigenvalue weighted by atomic mass is 16.1. The minimum Gasteiger partial charge on any atom is -0.307 e. The van der Waals surface area contributed by atoms with Crippen LogP contribution in [-0.4, -0.2) is 35.5 Å². The number of hydrogen-bond donors (Lipinski definition) is 1. The molecule has 26 heavy (non-hydrogen) atoms. The number of carbonyl (C=O) groups excluding carboxylic acids is 1. The normalized spacial score (nSPS) is 15.1. The minimum absolute atomic E-state index is 0.225. The Morgan fingerprint density at radius 1 is 1.12 bits per heavy atom. The van der Waals surface area contributed by atoms with Crippen LogP contribution < -0.4 is 5.32 Å². The highest BCUT2D eigenvalue weighted by molar-refractivity contribution is 6.04. The molecule has 3 heterocycles. The molecule has 8 nitrogen and oxygen atoms in total. The highest BCUT2D eigenvalue weighted by Gasteiger charge is 2.23. The van der Waals surface area contributed by atoms with Crippen molar-refractivity contribution >= 4 is 28.5 Å². The number of nitrogens with one attached hydrogen (secondary N) is 1. The number of hydrogen-bond acceptors (Lipinski definition) is 5. The maximum atomic E-state index is 12.8. The van der Waals surface area contributed by atoms with E-state index < -0.39 is 0 Å². The van der Waals surface area contributed by atoms with E-state index in [0.717, 1.165) is 23.9 Å². The summed E-state index contributed by atoms with van der Waals surface area (Å²) in [6.45, 7) is 0. The average molecular weight is 347 g/mol. The first-order valence-electron chi connectivity index (χ1n) is 8.76. The van der Waals surface area contributed by atoms with Crippen LogP contribution >= 0.6 is 0 Å². The van der Waals surface area contributed by atoms with Crippen LogP contribution in [0.2, 0.25) is 0 Å². The van der Waals surface area contributed by atoms with Gasteiger partial charge in [0.2, 0.25) is 5.95 Å². The molecule has 5 rings (SSSR count). The smallest absolute Gasteiger partial charge is 0.259 e. The van der Waals surface area contributed by atoms with E-state index in [2.05, 4.69) is 36.5 Å². The summed E-state index contributed by atoms with van der Waals surface area (Å²) in [5.41, 5.74) is 3.03. The molecular weight excluding hydrogens is 330 g/mol. The summed E-state index contributed by atoms with van der Waals surface area (Å²) in [4.78, 5) is 17.4. The Morgan fingerprint density at radius 2 is 1.96 bits per heavy atom. The number of amides is 1. The molecule has 1 N–H and O–H groups in total. The molecule has 0 unspecified atom stereocenters. The molecule has 1 amide bonds. The summed E-state index contributed by atoms with van der Waals surface area (Å²) in [5, 5.41) is 14.3. The Hall–Kier alpha value is -3.29. The fourth-order valence-electron chi connectivity index (χ4n) is 3.71. The Balaban J connectivity index is 1.53. The van der Waals surface area contributed by atoms with Crippen LogP contribution in [0.5, 0.6) is 0 Å². The number of anilines is 1. The molecule has 1 aliphatic carbocycles. The minimum atomic E-state index is -0.225. The molecule has 3 aromatic heterocycles. The van der Waals surface area contributed by atoms with Crippen molar-refractivity contribution in [2.45, 2.75) is 31.7 Å². The van der Waals surface area contributed by atoms with E-state index in [1.807, 2.05) is 18.2 Å². The quantitative estimate of drug-likeness (QED) is 0.615. The van der Waals surface area contributed by atoms with E-state index in [1.165, 1.54) is 17.4 Å². The zero-order valence-electron chi connectivity index (χ0n) is 14.0. The Morgan fingerprint density at radius 3 is 2.85 bits per heavy atom. The SMILES string of the molecule is O=C(Nc1nc2ccccc2n1C1CCCC1)c1ccc2nnnn2c1. The van der Waals surface area contributed by atoms with Gasteiger partial charge in [0.15, 0.2) is 5.65 Å². The maximum Gasteiger partial charge on any atom is 0.259 e. The molecule has 0 atom stereocenters. The van der Waals surface area contributed by atoms with Crippen LogP contribution in [-0.2, 0) is 0 Å². The van der Waals surface area contributed by atoms with Crippen molar-refractivity contribution in [2.75, 3.05) is 5.32 Å². The summed E-state index contributed by atoms with van der Waals surface area (Å²) in [5.74, 6) is 0.372. The lowest BCUT2D eigenvalue weighted by molar-refractivity contribution is 0.102. The number of carbonyl (C=O) groups is 1. The van der Waals surface area contributed by atoms with Crippen LogP contribution in [0.25, 0.3) is 16.7 Å². The van der Waals surface area contributed by atoms with Gasteiger partial charge in [-0.1, -0.05) is 25.0 Å². The standard InChI is InChI=1S/C18H17N7O/c26-17(12-9-10-16-21-22-23-24(16)11-12)20-18-19-14-7-3-4-8-15(14)25(18)13-5-1-2-6-13/h3-4,7-11,13H,1-2,5-6H2,(H,19,20,26). The lowest BCUT2D eigenvalue weighted by atomic mass is 10.2. The molecule has 0 spiro atoms. The third-order valence-corrected chi connectivity index (χ3v) is 4.96. The first-order chi connectivity index (χ1) is 12.8. The molecule has 1 saturated carbocycles. The number of nitrogens with zero attached hydrogens (tertiary/aromatic N) is 6. The molecule has 1 aromatic carbocycles. The number of para-hydroxylation sites is 2. The van der Waals surface area contributed by atoms with Gasteiger partial charge < -0.3 is 4.57 Å². The van der Waals surface area contributed by atoms with Gasteiger partial charge in [0.25, 0.3) is 5.91 Å². The molecule has 0 saturated heterocycles. The number of imidazole rings is 1. The van der Waals surface area contributed by atoms with Crippen LogP contribution in [0, 0.1) is 0 Å². The lowest BCUT2D eigenvalue weighted by Gasteiger charge is -2.16. The van der Waals surface area contributed by atoms with E-state index in [1.54, 1.807) is 18.3 Å². The largest absolute Gasteiger partial charge is 0.307 e. The van der Waals surface area contributed by atoms with Crippen LogP contribution in [0.4, 0.5) is 5.95 Å². The molecular formula is C18H17N7O. The fraction of sp³-hybridized carbons (Fsp3) is 0.278. The second-order valence-corrected chi connectivity index (χ2v) is 6.59. The van der Waals surface area contributed by atoms with E-state index in [4.69, 9.17) is 0 Å². The molecule has 4 aromatic rings. The molecule has 8 heteroatoms. The van der Waals surface area contributed by atoms with Crippen LogP contribution in [0.15, 0.2) is 42.6 Å². The molecule has 1 fully saturated rings. The average Bonchev–Trinajstić information content (AvgIpc) is 3.39. The summed E-state index contributed by atoms with van der Waals surface area (Å²) in [6, 6.07) is 11.8. The Bertz CT molecular complexity index is 1110. The third kappa shape index (κ3) is 2.42. The van der Waals surface area contributed by atoms with E-state index in [9.17, 15) is 4.79 Å². The number of rotatable bonds is 3. The summed E-state index contributed by atoms with van der Waals surface area (Å²) in [7, 11) is 0. The van der Waals surface area contributed by atoms with Gasteiger partial charge in [0.1, 0.15) is 0 Å². The van der Waals surface area contributed by atoms with Gasteiger partial charge in [-0.25, -0.2) is 4.98 Å². The van der Waals surface area contributed by atoms with E-state index in [-0.39, 0.29) is 5.91 Å².